The van der Waals surface area contributed by atoms with Crippen molar-refractivity contribution in [2.75, 3.05) is 47.0 Å². The minimum Gasteiger partial charge on any atom is -0.497 e. The highest BCUT2D eigenvalue weighted by Crippen LogP contribution is 2.30. The Hall–Kier alpha value is -3.88. The van der Waals surface area contributed by atoms with Crippen LogP contribution in [0.25, 0.3) is 0 Å². The summed E-state index contributed by atoms with van der Waals surface area (Å²) in [6.45, 7) is 4.24. The summed E-state index contributed by atoms with van der Waals surface area (Å²) in [6, 6.07) is 18.8. The summed E-state index contributed by atoms with van der Waals surface area (Å²) in [4.78, 5) is 29.8. The highest BCUT2D eigenvalue weighted by Gasteiger charge is 2.22. The smallest absolute Gasteiger partial charge is 0.294 e. The molecule has 2 unspecified atom stereocenters. The summed E-state index contributed by atoms with van der Waals surface area (Å²) >= 11 is 0. The maximum absolute atomic E-state index is 12.5. The van der Waals surface area contributed by atoms with Crippen molar-refractivity contribution in [3.63, 3.8) is 0 Å². The van der Waals surface area contributed by atoms with Gasteiger partial charge >= 0.3 is 0 Å². The van der Waals surface area contributed by atoms with Gasteiger partial charge in [0.15, 0.2) is 6.61 Å². The largest absolute Gasteiger partial charge is 0.497 e. The molecule has 11 nitrogen and oxygen atoms in total. The third-order valence-corrected chi connectivity index (χ3v) is 8.77. The third kappa shape index (κ3) is 13.2. The van der Waals surface area contributed by atoms with E-state index in [4.69, 9.17) is 9.47 Å². The predicted molar refractivity (Wildman–Crippen MR) is 176 cm³/mol. The molecule has 1 aliphatic rings. The number of carbonyl (C=O) groups excluding carboxylic acids is 1. The van der Waals surface area contributed by atoms with Crippen LogP contribution in [0.4, 0.5) is 0 Å². The van der Waals surface area contributed by atoms with Crippen LogP contribution in [0.5, 0.6) is 11.5 Å². The summed E-state index contributed by atoms with van der Waals surface area (Å²) in [7, 11) is 3.81. The zero-order chi connectivity index (χ0) is 33.1. The van der Waals surface area contributed by atoms with Crippen molar-refractivity contribution in [2.45, 2.75) is 77.2 Å². The molecule has 2 aromatic carbocycles. The fraction of sp³-hybridized carbons (Fsp3) is 0.600. The Kier molecular flexibility index (Phi) is 16.1. The molecular weight excluding hydrogens is 586 g/mol. The molecule has 0 aromatic heterocycles. The second-order valence-corrected chi connectivity index (χ2v) is 12.2. The predicted octanol–water partition coefficient (Wildman–Crippen LogP) is 6.13. The van der Waals surface area contributed by atoms with E-state index in [0.717, 1.165) is 50.0 Å². The Morgan fingerprint density at radius 2 is 1.76 bits per heavy atom. The molecule has 0 saturated carbocycles. The quantitative estimate of drug-likeness (QED) is 0.0976. The Balaban J connectivity index is 1.54. The lowest BCUT2D eigenvalue weighted by molar-refractivity contribution is -0.759. The van der Waals surface area contributed by atoms with E-state index < -0.39 is 5.09 Å². The average Bonchev–Trinajstić information content (AvgIpc) is 3.07. The van der Waals surface area contributed by atoms with Gasteiger partial charge in [0.05, 0.1) is 19.8 Å². The molecular formula is C35H51N5O6. The van der Waals surface area contributed by atoms with Crippen molar-refractivity contribution in [3.8, 4) is 17.6 Å². The number of methoxy groups -OCH3 is 1. The van der Waals surface area contributed by atoms with Crippen LogP contribution in [0, 0.1) is 33.3 Å². The lowest BCUT2D eigenvalue weighted by Crippen LogP contribution is -2.48. The van der Waals surface area contributed by atoms with Gasteiger partial charge in [0.25, 0.3) is 11.0 Å². The number of amides is 1. The Bertz CT molecular complexity index is 1210. The van der Waals surface area contributed by atoms with E-state index in [1.54, 1.807) is 7.11 Å². The number of hydrogen-bond donors (Lipinski definition) is 1. The summed E-state index contributed by atoms with van der Waals surface area (Å²) in [6.07, 6.45) is 9.67. The normalized spacial score (nSPS) is 15.1. The van der Waals surface area contributed by atoms with Gasteiger partial charge in [-0.2, -0.15) is 5.26 Å². The number of nitrogens with one attached hydrogen (secondary N) is 1. The van der Waals surface area contributed by atoms with Crippen LogP contribution in [0.15, 0.2) is 48.5 Å². The number of benzene rings is 2. The topological polar surface area (TPSA) is 130 Å². The standard InChI is InChI=1S/C35H51N5O6/c1-4-5-6-7-8-29(25-36)11-18-34(38(2)22-19-28-9-14-32(44-3)15-10-28)31-12-16-33(17-13-31)45-27-35(41)37-39-23-20-30(21-24-39)26-46-40(42)43/h9-10,12-17,29-30,34H,4-8,11,18-24,26-27H2,1-3H3,(H,37,41). The Labute approximate surface area is 273 Å². The van der Waals surface area contributed by atoms with Crippen LogP contribution < -0.4 is 14.9 Å². The molecule has 1 heterocycles. The number of nitriles is 1. The van der Waals surface area contributed by atoms with Crippen LogP contribution in [0.3, 0.4) is 0 Å². The van der Waals surface area contributed by atoms with Crippen LogP contribution in [0.2, 0.25) is 0 Å². The van der Waals surface area contributed by atoms with Crippen molar-refractivity contribution in [2.24, 2.45) is 11.8 Å². The van der Waals surface area contributed by atoms with E-state index in [2.05, 4.69) is 59.5 Å². The summed E-state index contributed by atoms with van der Waals surface area (Å²) in [5.41, 5.74) is 5.26. The fourth-order valence-corrected chi connectivity index (χ4v) is 5.87. The molecule has 0 radical (unpaired) electrons. The first-order valence-electron chi connectivity index (χ1n) is 16.6. The van der Waals surface area contributed by atoms with E-state index in [-0.39, 0.29) is 37.0 Å². The van der Waals surface area contributed by atoms with E-state index >= 15 is 0 Å². The van der Waals surface area contributed by atoms with Crippen LogP contribution in [0.1, 0.15) is 81.9 Å². The zero-order valence-corrected chi connectivity index (χ0v) is 27.7. The Morgan fingerprint density at radius 1 is 1.07 bits per heavy atom. The van der Waals surface area contributed by atoms with Gasteiger partial charge in [0.1, 0.15) is 11.5 Å². The van der Waals surface area contributed by atoms with E-state index in [0.29, 0.717) is 31.7 Å². The van der Waals surface area contributed by atoms with Gasteiger partial charge in [-0.05, 0) is 86.9 Å². The van der Waals surface area contributed by atoms with Crippen molar-refractivity contribution >= 4 is 5.91 Å². The number of nitrogens with zero attached hydrogens (tertiary/aromatic N) is 4. The molecule has 2 aromatic rings. The van der Waals surface area contributed by atoms with Gasteiger partial charge in [-0.1, -0.05) is 56.9 Å². The van der Waals surface area contributed by atoms with Crippen LogP contribution in [-0.4, -0.2) is 67.9 Å². The van der Waals surface area contributed by atoms with Crippen molar-refractivity contribution in [1.29, 1.82) is 5.26 Å². The Morgan fingerprint density at radius 3 is 2.39 bits per heavy atom. The number of unbranched alkanes of at least 4 members (excludes halogenated alkanes) is 3. The SMILES string of the molecule is CCCCCCC(C#N)CCC(c1ccc(OCC(=O)NN2CCC(CO[N+](=O)[O-])CC2)cc1)N(C)CCc1ccc(OC)cc1. The minimum absolute atomic E-state index is 0.0515. The highest BCUT2D eigenvalue weighted by molar-refractivity contribution is 5.77. The minimum atomic E-state index is -0.763. The highest BCUT2D eigenvalue weighted by atomic mass is 16.9. The molecule has 46 heavy (non-hydrogen) atoms. The van der Waals surface area contributed by atoms with Crippen LogP contribution in [-0.2, 0) is 16.1 Å². The second-order valence-electron chi connectivity index (χ2n) is 12.2. The van der Waals surface area contributed by atoms with Gasteiger partial charge in [-0.25, -0.2) is 5.01 Å². The third-order valence-electron chi connectivity index (χ3n) is 8.77. The number of hydrogen-bond acceptors (Lipinski definition) is 9. The molecule has 0 aliphatic carbocycles. The van der Waals surface area contributed by atoms with Crippen molar-refractivity contribution in [1.82, 2.24) is 15.3 Å². The van der Waals surface area contributed by atoms with Gasteiger partial charge in [-0.3, -0.25) is 15.1 Å². The molecule has 1 aliphatic heterocycles. The molecule has 0 spiro atoms. The molecule has 3 rings (SSSR count). The first-order valence-corrected chi connectivity index (χ1v) is 16.6. The summed E-state index contributed by atoms with van der Waals surface area (Å²) < 4.78 is 11.1. The first-order chi connectivity index (χ1) is 22.3. The number of hydrazine groups is 1. The summed E-state index contributed by atoms with van der Waals surface area (Å²) in [5, 5.41) is 21.3. The molecule has 1 fully saturated rings. The fourth-order valence-electron chi connectivity index (χ4n) is 5.87. The molecule has 1 N–H and O–H groups in total. The first kappa shape index (κ1) is 36.6. The monoisotopic (exact) mass is 637 g/mol. The summed E-state index contributed by atoms with van der Waals surface area (Å²) in [5.74, 6) is 1.37. The van der Waals surface area contributed by atoms with Crippen molar-refractivity contribution in [3.05, 3.63) is 69.8 Å². The second kappa shape index (κ2) is 20.3. The number of likely N-dealkylation sites (N-methyl/N-ethyl adjacent to an activating group) is 1. The number of rotatable bonds is 21. The lowest BCUT2D eigenvalue weighted by Gasteiger charge is -2.31. The van der Waals surface area contributed by atoms with Crippen molar-refractivity contribution < 1.29 is 24.2 Å². The maximum atomic E-state index is 12.5. The molecule has 0 bridgehead atoms. The maximum Gasteiger partial charge on any atom is 0.294 e. The average molecular weight is 638 g/mol. The number of piperidine rings is 1. The van der Waals surface area contributed by atoms with Gasteiger partial charge in [-0.15, -0.1) is 10.1 Å². The van der Waals surface area contributed by atoms with E-state index in [1.807, 2.05) is 29.3 Å². The molecule has 11 heteroatoms. The van der Waals surface area contributed by atoms with Gasteiger partial charge in [0, 0.05) is 31.6 Å². The molecule has 252 valence electrons. The van der Waals surface area contributed by atoms with Crippen LogP contribution >= 0.6 is 0 Å². The van der Waals surface area contributed by atoms with E-state index in [1.165, 1.54) is 24.8 Å². The molecule has 1 saturated heterocycles. The molecule has 1 amide bonds. The lowest BCUT2D eigenvalue weighted by atomic mass is 9.92. The van der Waals surface area contributed by atoms with Gasteiger partial charge < -0.3 is 14.3 Å². The zero-order valence-electron chi connectivity index (χ0n) is 27.7. The number of ether oxygens (including phenoxy) is 2. The number of carbonyl (C=O) groups is 1. The molecule has 2 atom stereocenters. The van der Waals surface area contributed by atoms with Gasteiger partial charge in [0.2, 0.25) is 0 Å². The van der Waals surface area contributed by atoms with E-state index in [9.17, 15) is 20.2 Å².